The van der Waals surface area contributed by atoms with Gasteiger partial charge in [0.1, 0.15) is 4.90 Å². The van der Waals surface area contributed by atoms with Crippen molar-refractivity contribution in [3.63, 3.8) is 0 Å². The van der Waals surface area contributed by atoms with Crippen LogP contribution in [-0.2, 0) is 10.1 Å². The van der Waals surface area contributed by atoms with Crippen molar-refractivity contribution in [2.45, 2.75) is 11.0 Å². The highest BCUT2D eigenvalue weighted by Gasteiger charge is 2.23. The van der Waals surface area contributed by atoms with Crippen LogP contribution in [0.25, 0.3) is 0 Å². The average molecular weight is 263 g/mol. The second-order valence-corrected chi connectivity index (χ2v) is 4.82. The van der Waals surface area contributed by atoms with Gasteiger partial charge >= 0.3 is 0 Å². The van der Waals surface area contributed by atoms with Crippen molar-refractivity contribution >= 4 is 10.1 Å². The van der Waals surface area contributed by atoms with Crippen molar-refractivity contribution in [2.24, 2.45) is 0 Å². The molecule has 0 amide bonds. The molecule has 0 radical (unpaired) electrons. The molecule has 96 valence electrons. The van der Waals surface area contributed by atoms with Crippen molar-refractivity contribution in [1.29, 1.82) is 0 Å². The van der Waals surface area contributed by atoms with Gasteiger partial charge in [-0.2, -0.15) is 8.42 Å². The predicted octanol–water partition coefficient (Wildman–Crippen LogP) is -0.403. The molecule has 0 spiro atoms. The molecule has 0 heterocycles. The lowest BCUT2D eigenvalue weighted by Crippen LogP contribution is -2.18. The van der Waals surface area contributed by atoms with Crippen LogP contribution in [0.5, 0.6) is 11.5 Å². The Kier molecular flexibility index (Phi) is 3.94. The number of aliphatic hydroxyl groups is 1. The predicted molar refractivity (Wildman–Crippen MR) is 58.5 cm³/mol. The van der Waals surface area contributed by atoms with Crippen LogP contribution in [0.2, 0.25) is 0 Å². The largest absolute Gasteiger partial charge is 0.504 e. The molecule has 0 aliphatic heterocycles. The van der Waals surface area contributed by atoms with Gasteiger partial charge in [0.05, 0.1) is 6.10 Å². The van der Waals surface area contributed by atoms with Crippen LogP contribution in [0.4, 0.5) is 0 Å². The van der Waals surface area contributed by atoms with Crippen LogP contribution in [-0.4, -0.2) is 41.9 Å². The fraction of sp³-hybridized carbons (Fsp3) is 0.333. The zero-order chi connectivity index (χ0) is 13.2. The first-order valence-electron chi connectivity index (χ1n) is 4.63. The summed E-state index contributed by atoms with van der Waals surface area (Å²) in [6, 6.07) is 1.57. The van der Waals surface area contributed by atoms with Crippen LogP contribution in [0.3, 0.4) is 0 Å². The first-order valence-corrected chi connectivity index (χ1v) is 6.07. The molecule has 0 aliphatic carbocycles. The maximum absolute atomic E-state index is 11.1. The zero-order valence-electron chi connectivity index (χ0n) is 8.95. The molecule has 0 aromatic heterocycles. The molecule has 1 atom stereocenters. The van der Waals surface area contributed by atoms with Crippen LogP contribution in [0, 0.1) is 0 Å². The summed E-state index contributed by atoms with van der Waals surface area (Å²) in [5.41, 5.74) is -0.197. The fourth-order valence-electron chi connectivity index (χ4n) is 1.36. The molecule has 0 saturated heterocycles. The van der Waals surface area contributed by atoms with Gasteiger partial charge in [0.25, 0.3) is 10.1 Å². The molecule has 5 N–H and O–H groups in total. The molecule has 1 aromatic rings. The minimum absolute atomic E-state index is 0.0206. The summed E-state index contributed by atoms with van der Waals surface area (Å²) in [4.78, 5) is -0.643. The first-order chi connectivity index (χ1) is 7.77. The Hall–Kier alpha value is -1.35. The lowest BCUT2D eigenvalue weighted by molar-refractivity contribution is 0.173. The molecule has 1 aromatic carbocycles. The van der Waals surface area contributed by atoms with E-state index < -0.39 is 32.6 Å². The summed E-state index contributed by atoms with van der Waals surface area (Å²) in [6.45, 7) is 0.0206. The quantitative estimate of drug-likeness (QED) is 0.369. The second kappa shape index (κ2) is 4.88. The van der Waals surface area contributed by atoms with Gasteiger partial charge in [-0.15, -0.1) is 0 Å². The van der Waals surface area contributed by atoms with Gasteiger partial charge in [-0.25, -0.2) is 0 Å². The van der Waals surface area contributed by atoms with Crippen LogP contribution >= 0.6 is 0 Å². The molecule has 0 saturated carbocycles. The van der Waals surface area contributed by atoms with Gasteiger partial charge in [0, 0.05) is 18.2 Å². The van der Waals surface area contributed by atoms with Crippen LogP contribution in [0.1, 0.15) is 11.7 Å². The fourth-order valence-corrected chi connectivity index (χ4v) is 2.11. The molecular formula is C9H13NO6S. The zero-order valence-corrected chi connectivity index (χ0v) is 9.77. The van der Waals surface area contributed by atoms with E-state index >= 15 is 0 Å². The molecule has 1 rings (SSSR count). The SMILES string of the molecule is CNC[C@H](O)c1cc(O)c(O)cc1S(=O)(=O)O. The lowest BCUT2D eigenvalue weighted by atomic mass is 10.1. The summed E-state index contributed by atoms with van der Waals surface area (Å²) in [7, 11) is -3.06. The Morgan fingerprint density at radius 3 is 2.29 bits per heavy atom. The van der Waals surface area contributed by atoms with Crippen LogP contribution in [0.15, 0.2) is 17.0 Å². The minimum Gasteiger partial charge on any atom is -0.504 e. The Bertz CT molecular complexity index is 512. The standard InChI is InChI=1S/C9H13NO6S/c1-10-4-8(13)5-2-6(11)7(12)3-9(5)17(14,15)16/h2-3,8,10-13H,4H2,1H3,(H,14,15,16)/t8-/m0/s1. The molecule has 7 nitrogen and oxygen atoms in total. The average Bonchev–Trinajstić information content (AvgIpc) is 2.20. The highest BCUT2D eigenvalue weighted by Crippen LogP contribution is 2.33. The van der Waals surface area contributed by atoms with Gasteiger partial charge < -0.3 is 20.6 Å². The normalized spacial score (nSPS) is 13.6. The molecule has 0 unspecified atom stereocenters. The Morgan fingerprint density at radius 2 is 1.82 bits per heavy atom. The van der Waals surface area contributed by atoms with E-state index in [1.54, 1.807) is 0 Å². The van der Waals surface area contributed by atoms with Crippen molar-refractivity contribution in [1.82, 2.24) is 5.32 Å². The van der Waals surface area contributed by atoms with Gasteiger partial charge in [0.2, 0.25) is 0 Å². The molecular weight excluding hydrogens is 250 g/mol. The third kappa shape index (κ3) is 3.07. The second-order valence-electron chi connectivity index (χ2n) is 3.43. The number of rotatable bonds is 4. The van der Waals surface area contributed by atoms with Gasteiger partial charge in [0.15, 0.2) is 11.5 Å². The van der Waals surface area contributed by atoms with E-state index in [0.29, 0.717) is 6.07 Å². The van der Waals surface area contributed by atoms with Crippen LogP contribution < -0.4 is 5.32 Å². The Morgan fingerprint density at radius 1 is 1.29 bits per heavy atom. The highest BCUT2D eigenvalue weighted by molar-refractivity contribution is 7.85. The number of hydrogen-bond acceptors (Lipinski definition) is 6. The van der Waals surface area contributed by atoms with Gasteiger partial charge in [-0.05, 0) is 13.1 Å². The van der Waals surface area contributed by atoms with Crippen molar-refractivity contribution in [3.05, 3.63) is 17.7 Å². The summed E-state index contributed by atoms with van der Waals surface area (Å²) < 4.78 is 31.1. The van der Waals surface area contributed by atoms with E-state index in [4.69, 9.17) is 4.55 Å². The summed E-state index contributed by atoms with van der Waals surface area (Å²) in [5, 5.41) is 30.7. The maximum atomic E-state index is 11.1. The molecule has 0 bridgehead atoms. The van der Waals surface area contributed by atoms with Gasteiger partial charge in [-0.3, -0.25) is 4.55 Å². The summed E-state index contributed by atoms with van der Waals surface area (Å²) >= 11 is 0. The molecule has 8 heteroatoms. The summed E-state index contributed by atoms with van der Waals surface area (Å²) in [6.07, 6.45) is -1.25. The highest BCUT2D eigenvalue weighted by atomic mass is 32.2. The van der Waals surface area contributed by atoms with E-state index in [2.05, 4.69) is 5.32 Å². The van der Waals surface area contributed by atoms with Crippen molar-refractivity contribution in [3.8, 4) is 11.5 Å². The van der Waals surface area contributed by atoms with E-state index in [9.17, 15) is 23.7 Å². The number of likely N-dealkylation sites (N-methyl/N-ethyl adjacent to an activating group) is 1. The van der Waals surface area contributed by atoms with Crippen molar-refractivity contribution < 1.29 is 28.3 Å². The number of phenols is 2. The molecule has 17 heavy (non-hydrogen) atoms. The lowest BCUT2D eigenvalue weighted by Gasteiger charge is -2.14. The van der Waals surface area contributed by atoms with Crippen molar-refractivity contribution in [2.75, 3.05) is 13.6 Å². The molecule has 0 fully saturated rings. The van der Waals surface area contributed by atoms with E-state index in [-0.39, 0.29) is 12.1 Å². The third-order valence-corrected chi connectivity index (χ3v) is 3.05. The topological polar surface area (TPSA) is 127 Å². The monoisotopic (exact) mass is 263 g/mol. The van der Waals surface area contributed by atoms with E-state index in [0.717, 1.165) is 6.07 Å². The third-order valence-electron chi connectivity index (χ3n) is 2.14. The first kappa shape index (κ1) is 13.7. The number of aliphatic hydroxyl groups excluding tert-OH is 1. The number of phenolic OH excluding ortho intramolecular Hbond substituents is 2. The number of benzene rings is 1. The van der Waals surface area contributed by atoms with E-state index in [1.165, 1.54) is 7.05 Å². The molecule has 0 aliphatic rings. The number of aromatic hydroxyl groups is 2. The number of hydrogen-bond donors (Lipinski definition) is 5. The van der Waals surface area contributed by atoms with Gasteiger partial charge in [-0.1, -0.05) is 0 Å². The minimum atomic E-state index is -4.59. The Balaban J connectivity index is 3.41. The maximum Gasteiger partial charge on any atom is 0.295 e. The van der Waals surface area contributed by atoms with E-state index in [1.807, 2.05) is 0 Å². The Labute approximate surface area is 98.1 Å². The smallest absolute Gasteiger partial charge is 0.295 e. The number of nitrogens with one attached hydrogen (secondary N) is 1. The summed E-state index contributed by atoms with van der Waals surface area (Å²) in [5.74, 6) is -1.28.